The number of benzene rings is 1. The van der Waals surface area contributed by atoms with Crippen LogP contribution >= 0.6 is 0 Å². The Balaban J connectivity index is 1.31. The van der Waals surface area contributed by atoms with Gasteiger partial charge in [-0.3, -0.25) is 4.90 Å². The minimum atomic E-state index is 0.193. The van der Waals surface area contributed by atoms with Gasteiger partial charge in [0.25, 0.3) is 0 Å². The topological polar surface area (TPSA) is 60.6 Å². The van der Waals surface area contributed by atoms with E-state index in [4.69, 9.17) is 14.0 Å². The molecular formula is C20H27N3O3. The lowest BCUT2D eigenvalue weighted by Crippen LogP contribution is -2.43. The van der Waals surface area contributed by atoms with E-state index in [1.165, 1.54) is 31.2 Å². The summed E-state index contributed by atoms with van der Waals surface area (Å²) in [6, 6.07) is 8.21. The molecule has 2 aliphatic rings. The molecule has 1 saturated carbocycles. The summed E-state index contributed by atoms with van der Waals surface area (Å²) in [4.78, 5) is 7.00. The molecule has 1 saturated heterocycles. The number of hydrogen-bond donors (Lipinski definition) is 0. The fourth-order valence-electron chi connectivity index (χ4n) is 3.94. The van der Waals surface area contributed by atoms with Gasteiger partial charge in [-0.15, -0.1) is 0 Å². The minimum absolute atomic E-state index is 0.193. The number of hydrogen-bond acceptors (Lipinski definition) is 6. The Morgan fingerprint density at radius 1 is 1.19 bits per heavy atom. The van der Waals surface area contributed by atoms with E-state index in [2.05, 4.69) is 27.2 Å². The van der Waals surface area contributed by atoms with Crippen LogP contribution < -0.4 is 4.74 Å². The number of ether oxygens (including phenoxy) is 2. The van der Waals surface area contributed by atoms with Crippen molar-refractivity contribution in [3.63, 3.8) is 0 Å². The highest BCUT2D eigenvalue weighted by molar-refractivity contribution is 5.27. The molecule has 1 aromatic carbocycles. The summed E-state index contributed by atoms with van der Waals surface area (Å²) < 4.78 is 16.7. The molecule has 6 heteroatoms. The molecule has 1 aromatic heterocycles. The molecule has 0 bridgehead atoms. The maximum absolute atomic E-state index is 5.96. The SMILES string of the molecule is COc1ccc(CC2CN(Cc3noc(C4CCCC4)n3)CCO2)cc1. The molecule has 1 atom stereocenters. The first-order valence-corrected chi connectivity index (χ1v) is 9.59. The lowest BCUT2D eigenvalue weighted by molar-refractivity contribution is -0.0314. The van der Waals surface area contributed by atoms with Gasteiger partial charge in [-0.2, -0.15) is 4.98 Å². The Hall–Kier alpha value is -1.92. The van der Waals surface area contributed by atoms with Crippen molar-refractivity contribution < 1.29 is 14.0 Å². The van der Waals surface area contributed by atoms with E-state index in [0.717, 1.165) is 50.1 Å². The lowest BCUT2D eigenvalue weighted by atomic mass is 10.1. The maximum atomic E-state index is 5.96. The fraction of sp³-hybridized carbons (Fsp3) is 0.600. The minimum Gasteiger partial charge on any atom is -0.497 e. The van der Waals surface area contributed by atoms with Gasteiger partial charge in [0.2, 0.25) is 5.89 Å². The zero-order valence-electron chi connectivity index (χ0n) is 15.4. The zero-order valence-corrected chi connectivity index (χ0v) is 15.4. The summed E-state index contributed by atoms with van der Waals surface area (Å²) in [6.07, 6.45) is 6.02. The standard InChI is InChI=1S/C20H27N3O3/c1-24-17-8-6-15(7-9-17)12-18-13-23(10-11-25-18)14-19-21-20(26-22-19)16-4-2-3-5-16/h6-9,16,18H,2-5,10-14H2,1H3. The molecular weight excluding hydrogens is 330 g/mol. The van der Waals surface area contributed by atoms with Crippen molar-refractivity contribution >= 4 is 0 Å². The highest BCUT2D eigenvalue weighted by Crippen LogP contribution is 2.33. The van der Waals surface area contributed by atoms with Gasteiger partial charge in [-0.25, -0.2) is 0 Å². The van der Waals surface area contributed by atoms with Crippen LogP contribution in [0.1, 0.15) is 48.9 Å². The van der Waals surface area contributed by atoms with Crippen molar-refractivity contribution in [3.05, 3.63) is 41.5 Å². The van der Waals surface area contributed by atoms with Crippen LogP contribution in [0.2, 0.25) is 0 Å². The van der Waals surface area contributed by atoms with E-state index in [1.54, 1.807) is 7.11 Å². The van der Waals surface area contributed by atoms with Crippen LogP contribution in [-0.4, -0.2) is 48.0 Å². The van der Waals surface area contributed by atoms with Gasteiger partial charge in [0.05, 0.1) is 26.4 Å². The second-order valence-corrected chi connectivity index (χ2v) is 7.31. The fourth-order valence-corrected chi connectivity index (χ4v) is 3.94. The smallest absolute Gasteiger partial charge is 0.229 e. The molecule has 2 heterocycles. The molecule has 140 valence electrons. The third-order valence-corrected chi connectivity index (χ3v) is 5.40. The van der Waals surface area contributed by atoms with Gasteiger partial charge in [0.1, 0.15) is 5.75 Å². The molecule has 4 rings (SSSR count). The first-order chi connectivity index (χ1) is 12.8. The Morgan fingerprint density at radius 2 is 2.00 bits per heavy atom. The average molecular weight is 357 g/mol. The van der Waals surface area contributed by atoms with Gasteiger partial charge in [-0.05, 0) is 37.0 Å². The Morgan fingerprint density at radius 3 is 2.77 bits per heavy atom. The molecule has 1 aliphatic carbocycles. The van der Waals surface area contributed by atoms with Crippen molar-refractivity contribution in [1.82, 2.24) is 15.0 Å². The summed E-state index contributed by atoms with van der Waals surface area (Å²) in [5.74, 6) is 3.00. The lowest BCUT2D eigenvalue weighted by Gasteiger charge is -2.32. The van der Waals surface area contributed by atoms with Crippen LogP contribution in [-0.2, 0) is 17.7 Å². The van der Waals surface area contributed by atoms with E-state index in [1.807, 2.05) is 12.1 Å². The predicted octanol–water partition coefficient (Wildman–Crippen LogP) is 3.18. The quantitative estimate of drug-likeness (QED) is 0.791. The molecule has 1 unspecified atom stereocenters. The van der Waals surface area contributed by atoms with Gasteiger partial charge in [0, 0.05) is 19.0 Å². The molecule has 1 aliphatic heterocycles. The van der Waals surface area contributed by atoms with Crippen molar-refractivity contribution in [2.45, 2.75) is 50.7 Å². The van der Waals surface area contributed by atoms with Crippen LogP contribution in [0.4, 0.5) is 0 Å². The molecule has 26 heavy (non-hydrogen) atoms. The van der Waals surface area contributed by atoms with E-state index < -0.39 is 0 Å². The Kier molecular flexibility index (Phi) is 5.51. The van der Waals surface area contributed by atoms with Gasteiger partial charge >= 0.3 is 0 Å². The number of aromatic nitrogens is 2. The predicted molar refractivity (Wildman–Crippen MR) is 97.2 cm³/mol. The monoisotopic (exact) mass is 357 g/mol. The Labute approximate surface area is 154 Å². The normalized spacial score (nSPS) is 22.0. The van der Waals surface area contributed by atoms with Crippen molar-refractivity contribution in [2.24, 2.45) is 0 Å². The third-order valence-electron chi connectivity index (χ3n) is 5.40. The van der Waals surface area contributed by atoms with Gasteiger partial charge < -0.3 is 14.0 Å². The number of rotatable bonds is 6. The summed E-state index contributed by atoms with van der Waals surface area (Å²) in [6.45, 7) is 3.28. The van der Waals surface area contributed by atoms with Crippen LogP contribution in [0.3, 0.4) is 0 Å². The van der Waals surface area contributed by atoms with Gasteiger partial charge in [-0.1, -0.05) is 30.1 Å². The van der Waals surface area contributed by atoms with Crippen LogP contribution in [0.25, 0.3) is 0 Å². The molecule has 0 radical (unpaired) electrons. The van der Waals surface area contributed by atoms with E-state index in [9.17, 15) is 0 Å². The molecule has 2 fully saturated rings. The summed E-state index contributed by atoms with van der Waals surface area (Å²) in [5.41, 5.74) is 1.26. The molecule has 6 nitrogen and oxygen atoms in total. The largest absolute Gasteiger partial charge is 0.497 e. The number of morpholine rings is 1. The van der Waals surface area contributed by atoms with E-state index >= 15 is 0 Å². The van der Waals surface area contributed by atoms with Crippen LogP contribution in [0.5, 0.6) is 5.75 Å². The van der Waals surface area contributed by atoms with Crippen molar-refractivity contribution in [1.29, 1.82) is 0 Å². The first-order valence-electron chi connectivity index (χ1n) is 9.59. The highest BCUT2D eigenvalue weighted by Gasteiger charge is 2.25. The average Bonchev–Trinajstić information content (AvgIpc) is 3.34. The Bertz CT molecular complexity index is 695. The first kappa shape index (κ1) is 17.5. The zero-order chi connectivity index (χ0) is 17.8. The second kappa shape index (κ2) is 8.18. The highest BCUT2D eigenvalue weighted by atomic mass is 16.5. The summed E-state index contributed by atoms with van der Waals surface area (Å²) in [5, 5.41) is 4.20. The van der Waals surface area contributed by atoms with E-state index in [-0.39, 0.29) is 6.10 Å². The maximum Gasteiger partial charge on any atom is 0.229 e. The molecule has 0 N–H and O–H groups in total. The van der Waals surface area contributed by atoms with Gasteiger partial charge in [0.15, 0.2) is 5.82 Å². The van der Waals surface area contributed by atoms with E-state index in [0.29, 0.717) is 5.92 Å². The summed E-state index contributed by atoms with van der Waals surface area (Å²) in [7, 11) is 1.69. The van der Waals surface area contributed by atoms with Crippen molar-refractivity contribution in [2.75, 3.05) is 26.8 Å². The molecule has 2 aromatic rings. The molecule has 0 spiro atoms. The second-order valence-electron chi connectivity index (χ2n) is 7.31. The van der Waals surface area contributed by atoms with Crippen LogP contribution in [0, 0.1) is 0 Å². The summed E-state index contributed by atoms with van der Waals surface area (Å²) >= 11 is 0. The third kappa shape index (κ3) is 4.24. The van der Waals surface area contributed by atoms with Crippen LogP contribution in [0.15, 0.2) is 28.8 Å². The number of methoxy groups -OCH3 is 1. The number of nitrogens with zero attached hydrogens (tertiary/aromatic N) is 3. The molecule has 0 amide bonds. The van der Waals surface area contributed by atoms with Crippen molar-refractivity contribution in [3.8, 4) is 5.75 Å².